The topological polar surface area (TPSA) is 106 Å². The number of piperidine rings is 1. The summed E-state index contributed by atoms with van der Waals surface area (Å²) in [7, 11) is 0. The smallest absolute Gasteiger partial charge is 0.272 e. The van der Waals surface area contributed by atoms with Crippen molar-refractivity contribution in [3.63, 3.8) is 0 Å². The van der Waals surface area contributed by atoms with Crippen LogP contribution in [0.3, 0.4) is 0 Å². The second kappa shape index (κ2) is 11.6. The molecule has 1 aliphatic rings. The molecule has 1 unspecified atom stereocenters. The number of carbonyl (C=O) groups excluding carboxylic acids is 2. The molecule has 154 valence electrons. The summed E-state index contributed by atoms with van der Waals surface area (Å²) in [5, 5.41) is 7.06. The number of nitrogens with one attached hydrogen (secondary N) is 1. The fourth-order valence-corrected chi connectivity index (χ4v) is 3.18. The van der Waals surface area contributed by atoms with E-state index in [1.807, 2.05) is 23.2 Å². The molecule has 3 heterocycles. The van der Waals surface area contributed by atoms with Crippen molar-refractivity contribution in [3.8, 4) is 5.69 Å². The number of rotatable bonds is 6. The summed E-state index contributed by atoms with van der Waals surface area (Å²) < 4.78 is 1.69. The number of nitrogens with two attached hydrogens (primary N) is 1. The molecule has 0 bridgehead atoms. The molecule has 8 nitrogen and oxygen atoms in total. The van der Waals surface area contributed by atoms with Gasteiger partial charge in [-0.05, 0) is 37.5 Å². The van der Waals surface area contributed by atoms with Crippen LogP contribution >= 0.6 is 24.8 Å². The normalized spacial score (nSPS) is 15.9. The predicted molar refractivity (Wildman–Crippen MR) is 111 cm³/mol. The number of hydrogen-bond acceptors (Lipinski definition) is 5. The molecular formula is C18H26Cl2N6O2. The van der Waals surface area contributed by atoms with Crippen LogP contribution in [0.2, 0.25) is 0 Å². The van der Waals surface area contributed by atoms with Crippen LogP contribution in [0.15, 0.2) is 36.8 Å². The number of nitrogens with zero attached hydrogens (tertiary/aromatic N) is 4. The number of hydrogen-bond donors (Lipinski definition) is 2. The first-order valence-electron chi connectivity index (χ1n) is 8.93. The van der Waals surface area contributed by atoms with E-state index in [2.05, 4.69) is 15.4 Å². The fourth-order valence-electron chi connectivity index (χ4n) is 3.18. The average Bonchev–Trinajstić information content (AvgIpc) is 3.21. The third-order valence-corrected chi connectivity index (χ3v) is 4.53. The summed E-state index contributed by atoms with van der Waals surface area (Å²) >= 11 is 0. The Morgan fingerprint density at radius 1 is 1.25 bits per heavy atom. The predicted octanol–water partition coefficient (Wildman–Crippen LogP) is 1.57. The number of pyridine rings is 1. The molecular weight excluding hydrogens is 403 g/mol. The molecule has 2 aromatic rings. The lowest BCUT2D eigenvalue weighted by Gasteiger charge is -2.35. The highest BCUT2D eigenvalue weighted by Crippen LogP contribution is 2.19. The monoisotopic (exact) mass is 428 g/mol. The zero-order valence-electron chi connectivity index (χ0n) is 15.5. The zero-order chi connectivity index (χ0) is 18.4. The molecule has 1 atom stereocenters. The van der Waals surface area contributed by atoms with Gasteiger partial charge in [0.25, 0.3) is 5.91 Å². The van der Waals surface area contributed by atoms with Crippen LogP contribution in [-0.4, -0.2) is 57.2 Å². The van der Waals surface area contributed by atoms with Crippen LogP contribution in [0.25, 0.3) is 5.69 Å². The summed E-state index contributed by atoms with van der Waals surface area (Å²) in [6, 6.07) is 5.36. The van der Waals surface area contributed by atoms with Crippen molar-refractivity contribution in [2.75, 3.05) is 19.6 Å². The van der Waals surface area contributed by atoms with Crippen molar-refractivity contribution < 1.29 is 9.59 Å². The van der Waals surface area contributed by atoms with E-state index in [0.717, 1.165) is 24.9 Å². The van der Waals surface area contributed by atoms with Gasteiger partial charge in [0.15, 0.2) is 0 Å². The Hall–Kier alpha value is -2.16. The van der Waals surface area contributed by atoms with Gasteiger partial charge in [0, 0.05) is 50.7 Å². The molecule has 1 fully saturated rings. The van der Waals surface area contributed by atoms with Crippen molar-refractivity contribution in [2.24, 2.45) is 5.73 Å². The maximum Gasteiger partial charge on any atom is 0.272 e. The molecule has 2 amide bonds. The van der Waals surface area contributed by atoms with E-state index in [0.29, 0.717) is 31.7 Å². The van der Waals surface area contributed by atoms with Crippen LogP contribution in [-0.2, 0) is 4.79 Å². The molecule has 0 aromatic carbocycles. The molecule has 0 radical (unpaired) electrons. The second-order valence-corrected chi connectivity index (χ2v) is 6.34. The number of amides is 2. The molecule has 28 heavy (non-hydrogen) atoms. The summed E-state index contributed by atoms with van der Waals surface area (Å²) in [4.78, 5) is 30.8. The Labute approximate surface area is 176 Å². The summed E-state index contributed by atoms with van der Waals surface area (Å²) in [6.07, 6.45) is 8.29. The summed E-state index contributed by atoms with van der Waals surface area (Å²) in [5.41, 5.74) is 6.58. The van der Waals surface area contributed by atoms with Gasteiger partial charge in [0.2, 0.25) is 5.91 Å². The van der Waals surface area contributed by atoms with E-state index in [4.69, 9.17) is 5.73 Å². The molecule has 0 aliphatic carbocycles. The van der Waals surface area contributed by atoms with Gasteiger partial charge in [-0.25, -0.2) is 4.68 Å². The third-order valence-electron chi connectivity index (χ3n) is 4.53. The van der Waals surface area contributed by atoms with Crippen LogP contribution in [0.1, 0.15) is 36.2 Å². The third kappa shape index (κ3) is 5.92. The minimum absolute atomic E-state index is 0. The quantitative estimate of drug-likeness (QED) is 0.725. The van der Waals surface area contributed by atoms with Gasteiger partial charge in [0.1, 0.15) is 5.69 Å². The van der Waals surface area contributed by atoms with E-state index in [9.17, 15) is 9.59 Å². The van der Waals surface area contributed by atoms with Gasteiger partial charge < -0.3 is 16.0 Å². The lowest BCUT2D eigenvalue weighted by atomic mass is 10.0. The number of aromatic nitrogens is 3. The van der Waals surface area contributed by atoms with Crippen molar-refractivity contribution in [3.05, 3.63) is 42.5 Å². The lowest BCUT2D eigenvalue weighted by Crippen LogP contribution is -2.49. The maximum absolute atomic E-state index is 13.0. The van der Waals surface area contributed by atoms with Gasteiger partial charge >= 0.3 is 0 Å². The van der Waals surface area contributed by atoms with Crippen molar-refractivity contribution in [1.82, 2.24) is 25.0 Å². The molecule has 2 aromatic heterocycles. The van der Waals surface area contributed by atoms with Gasteiger partial charge in [0.05, 0.1) is 5.69 Å². The van der Waals surface area contributed by atoms with Crippen LogP contribution in [0.5, 0.6) is 0 Å². The van der Waals surface area contributed by atoms with E-state index in [1.165, 1.54) is 0 Å². The fraction of sp³-hybridized carbons (Fsp3) is 0.444. The Morgan fingerprint density at radius 2 is 2.07 bits per heavy atom. The van der Waals surface area contributed by atoms with Crippen LogP contribution in [0.4, 0.5) is 0 Å². The van der Waals surface area contributed by atoms with E-state index < -0.39 is 0 Å². The minimum atomic E-state index is -0.114. The lowest BCUT2D eigenvalue weighted by molar-refractivity contribution is -0.121. The van der Waals surface area contributed by atoms with Crippen molar-refractivity contribution >= 4 is 36.6 Å². The molecule has 10 heteroatoms. The zero-order valence-corrected chi connectivity index (χ0v) is 17.1. The van der Waals surface area contributed by atoms with Crippen LogP contribution < -0.4 is 11.1 Å². The van der Waals surface area contributed by atoms with E-state index >= 15 is 0 Å². The van der Waals surface area contributed by atoms with E-state index in [1.54, 1.807) is 23.1 Å². The van der Waals surface area contributed by atoms with Crippen LogP contribution in [0, 0.1) is 0 Å². The van der Waals surface area contributed by atoms with Crippen molar-refractivity contribution in [1.29, 1.82) is 0 Å². The largest absolute Gasteiger partial charge is 0.354 e. The molecule has 3 rings (SSSR count). The Kier molecular flexibility index (Phi) is 9.92. The molecule has 1 aliphatic heterocycles. The Bertz CT molecular complexity index is 756. The van der Waals surface area contributed by atoms with Gasteiger partial charge in [-0.2, -0.15) is 5.10 Å². The van der Waals surface area contributed by atoms with E-state index in [-0.39, 0.29) is 42.7 Å². The first-order valence-corrected chi connectivity index (χ1v) is 8.93. The number of likely N-dealkylation sites (tertiary alicyclic amines) is 1. The molecule has 0 saturated carbocycles. The SMILES string of the molecule is Cl.Cl.NCCC(=O)NCC1CCCCN1C(=O)c1cc(-n2cccn2)ccn1. The molecule has 3 N–H and O–H groups in total. The first-order chi connectivity index (χ1) is 12.7. The number of halogens is 2. The molecule has 0 spiro atoms. The first kappa shape index (κ1) is 23.9. The Balaban J connectivity index is 0.00000196. The number of carbonyl (C=O) groups is 2. The standard InChI is InChI=1S/C18H24N6O2.2ClH/c19-7-5-17(25)21-13-15-4-1-2-10-23(15)18(26)16-12-14(6-9-20-16)24-11-3-8-22-24;;/h3,6,8-9,11-12,15H,1-2,4-5,7,10,13,19H2,(H,21,25);2*1H. The van der Waals surface area contributed by atoms with Gasteiger partial charge in [-0.1, -0.05) is 0 Å². The summed E-state index contributed by atoms with van der Waals surface area (Å²) in [5.74, 6) is -0.193. The minimum Gasteiger partial charge on any atom is -0.354 e. The highest BCUT2D eigenvalue weighted by atomic mass is 35.5. The van der Waals surface area contributed by atoms with Crippen molar-refractivity contribution in [2.45, 2.75) is 31.7 Å². The highest BCUT2D eigenvalue weighted by molar-refractivity contribution is 5.93. The average molecular weight is 429 g/mol. The van der Waals surface area contributed by atoms with Gasteiger partial charge in [-0.15, -0.1) is 24.8 Å². The second-order valence-electron chi connectivity index (χ2n) is 6.34. The summed E-state index contributed by atoms with van der Waals surface area (Å²) in [6.45, 7) is 1.44. The Morgan fingerprint density at radius 3 is 2.79 bits per heavy atom. The maximum atomic E-state index is 13.0. The van der Waals surface area contributed by atoms with Gasteiger partial charge in [-0.3, -0.25) is 14.6 Å². The highest BCUT2D eigenvalue weighted by Gasteiger charge is 2.28. The molecule has 1 saturated heterocycles.